The van der Waals surface area contributed by atoms with Gasteiger partial charge in [0.2, 0.25) is 5.91 Å². The molecular weight excluding hydrogens is 410 g/mol. The van der Waals surface area contributed by atoms with E-state index in [4.69, 9.17) is 11.6 Å². The summed E-state index contributed by atoms with van der Waals surface area (Å²) < 4.78 is 24.1. The molecule has 0 unspecified atom stereocenters. The van der Waals surface area contributed by atoms with Crippen molar-refractivity contribution in [3.8, 4) is 0 Å². The van der Waals surface area contributed by atoms with Gasteiger partial charge in [0.15, 0.2) is 14.9 Å². The summed E-state index contributed by atoms with van der Waals surface area (Å²) in [5.41, 5.74) is 1.81. The van der Waals surface area contributed by atoms with Crippen molar-refractivity contribution in [1.29, 1.82) is 0 Å². The number of sulfone groups is 1. The number of carbonyl (C=O) groups is 1. The SMILES string of the molecule is CC(C)(C)S(=O)(=O)c1ccc(N2CCN(C(=O)Cc3ccc(Cl)cc3)CC2)cn1. The molecule has 6 nitrogen and oxygen atoms in total. The number of anilines is 1. The van der Waals surface area contributed by atoms with Crippen LogP contribution < -0.4 is 4.90 Å². The van der Waals surface area contributed by atoms with Crippen LogP contribution in [0.25, 0.3) is 0 Å². The number of piperazine rings is 1. The summed E-state index contributed by atoms with van der Waals surface area (Å²) in [5.74, 6) is 0.0942. The zero-order valence-electron chi connectivity index (χ0n) is 16.9. The van der Waals surface area contributed by atoms with Crippen molar-refractivity contribution < 1.29 is 13.2 Å². The summed E-state index contributed by atoms with van der Waals surface area (Å²) in [4.78, 5) is 20.7. The molecule has 1 aliphatic heterocycles. The Morgan fingerprint density at radius 2 is 1.66 bits per heavy atom. The van der Waals surface area contributed by atoms with Crippen molar-refractivity contribution in [3.05, 3.63) is 53.2 Å². The molecule has 1 fully saturated rings. The lowest BCUT2D eigenvalue weighted by molar-refractivity contribution is -0.130. The van der Waals surface area contributed by atoms with E-state index in [1.54, 1.807) is 51.2 Å². The summed E-state index contributed by atoms with van der Waals surface area (Å²) >= 11 is 5.89. The molecule has 0 bridgehead atoms. The van der Waals surface area contributed by atoms with Gasteiger partial charge in [-0.2, -0.15) is 0 Å². The van der Waals surface area contributed by atoms with Crippen LogP contribution in [0.2, 0.25) is 5.02 Å². The second-order valence-corrected chi connectivity index (χ2v) is 11.2. The summed E-state index contributed by atoms with van der Waals surface area (Å²) in [6.07, 6.45) is 1.96. The molecule has 29 heavy (non-hydrogen) atoms. The van der Waals surface area contributed by atoms with Gasteiger partial charge < -0.3 is 9.80 Å². The zero-order valence-corrected chi connectivity index (χ0v) is 18.5. The van der Waals surface area contributed by atoms with Crippen LogP contribution in [0.1, 0.15) is 26.3 Å². The van der Waals surface area contributed by atoms with Crippen molar-refractivity contribution in [2.75, 3.05) is 31.1 Å². The lowest BCUT2D eigenvalue weighted by Crippen LogP contribution is -2.49. The number of rotatable bonds is 4. The second kappa shape index (κ2) is 8.32. The van der Waals surface area contributed by atoms with Crippen molar-refractivity contribution >= 4 is 33.0 Å². The highest BCUT2D eigenvalue weighted by Crippen LogP contribution is 2.25. The van der Waals surface area contributed by atoms with Crippen LogP contribution in [0.3, 0.4) is 0 Å². The Balaban J connectivity index is 1.59. The van der Waals surface area contributed by atoms with Gasteiger partial charge in [0.05, 0.1) is 23.1 Å². The van der Waals surface area contributed by atoms with Gasteiger partial charge >= 0.3 is 0 Å². The number of amides is 1. The molecule has 1 aromatic carbocycles. The summed E-state index contributed by atoms with van der Waals surface area (Å²) in [6, 6.07) is 10.7. The van der Waals surface area contributed by atoms with Crippen LogP contribution in [0.5, 0.6) is 0 Å². The predicted molar refractivity (Wildman–Crippen MR) is 115 cm³/mol. The van der Waals surface area contributed by atoms with Crippen LogP contribution >= 0.6 is 11.6 Å². The minimum absolute atomic E-state index is 0.0885. The van der Waals surface area contributed by atoms with E-state index >= 15 is 0 Å². The maximum Gasteiger partial charge on any atom is 0.227 e. The fourth-order valence-corrected chi connectivity index (χ4v) is 4.33. The van der Waals surface area contributed by atoms with Gasteiger partial charge in [-0.1, -0.05) is 23.7 Å². The Kier molecular flexibility index (Phi) is 6.19. The molecule has 1 aliphatic rings. The average Bonchev–Trinajstić information content (AvgIpc) is 2.69. The van der Waals surface area contributed by atoms with Gasteiger partial charge in [0, 0.05) is 31.2 Å². The Morgan fingerprint density at radius 3 is 2.17 bits per heavy atom. The van der Waals surface area contributed by atoms with E-state index < -0.39 is 14.6 Å². The van der Waals surface area contributed by atoms with E-state index in [0.29, 0.717) is 37.6 Å². The first-order valence-electron chi connectivity index (χ1n) is 9.56. The molecule has 0 aliphatic carbocycles. The Morgan fingerprint density at radius 1 is 1.03 bits per heavy atom. The highest BCUT2D eigenvalue weighted by atomic mass is 35.5. The summed E-state index contributed by atoms with van der Waals surface area (Å²) in [6.45, 7) is 7.59. The predicted octanol–water partition coefficient (Wildman–Crippen LogP) is 3.20. The molecule has 3 rings (SSSR count). The van der Waals surface area contributed by atoms with Gasteiger partial charge in [0.25, 0.3) is 0 Å². The fraction of sp³-hybridized carbons (Fsp3) is 0.429. The van der Waals surface area contributed by atoms with E-state index in [2.05, 4.69) is 9.88 Å². The molecule has 1 amide bonds. The van der Waals surface area contributed by atoms with Crippen LogP contribution in [-0.2, 0) is 21.1 Å². The average molecular weight is 436 g/mol. The lowest BCUT2D eigenvalue weighted by Gasteiger charge is -2.36. The van der Waals surface area contributed by atoms with Crippen LogP contribution in [0.15, 0.2) is 47.6 Å². The number of hydrogen-bond acceptors (Lipinski definition) is 5. The molecule has 8 heteroatoms. The van der Waals surface area contributed by atoms with Crippen molar-refractivity contribution in [2.45, 2.75) is 37.0 Å². The minimum Gasteiger partial charge on any atom is -0.367 e. The smallest absolute Gasteiger partial charge is 0.227 e. The number of carbonyl (C=O) groups excluding carboxylic acids is 1. The monoisotopic (exact) mass is 435 g/mol. The number of hydrogen-bond donors (Lipinski definition) is 0. The third-order valence-electron chi connectivity index (χ3n) is 5.07. The van der Waals surface area contributed by atoms with Crippen molar-refractivity contribution in [3.63, 3.8) is 0 Å². The first kappa shape index (κ1) is 21.6. The number of nitrogens with zero attached hydrogens (tertiary/aromatic N) is 3. The Labute approximate surface area is 177 Å². The van der Waals surface area contributed by atoms with E-state index in [0.717, 1.165) is 11.3 Å². The molecule has 0 atom stereocenters. The van der Waals surface area contributed by atoms with Crippen LogP contribution in [0.4, 0.5) is 5.69 Å². The number of pyridine rings is 1. The molecule has 0 saturated carbocycles. The third-order valence-corrected chi connectivity index (χ3v) is 7.72. The van der Waals surface area contributed by atoms with Gasteiger partial charge in [-0.05, 0) is 50.6 Å². The molecule has 0 spiro atoms. The van der Waals surface area contributed by atoms with E-state index in [1.807, 2.05) is 17.0 Å². The van der Waals surface area contributed by atoms with Gasteiger partial charge in [-0.3, -0.25) is 4.79 Å². The zero-order chi connectivity index (χ0) is 21.2. The van der Waals surface area contributed by atoms with Crippen LogP contribution in [0, 0.1) is 0 Å². The number of aromatic nitrogens is 1. The largest absolute Gasteiger partial charge is 0.367 e. The van der Waals surface area contributed by atoms with Gasteiger partial charge in [-0.15, -0.1) is 0 Å². The van der Waals surface area contributed by atoms with E-state index in [1.165, 1.54) is 0 Å². The van der Waals surface area contributed by atoms with Crippen LogP contribution in [-0.4, -0.2) is 55.1 Å². The first-order chi connectivity index (χ1) is 13.6. The standard InChI is InChI=1S/C21H26ClN3O3S/c1-21(2,3)29(27,28)19-9-8-18(15-23-19)24-10-12-25(13-11-24)20(26)14-16-4-6-17(22)7-5-16/h4-9,15H,10-14H2,1-3H3. The highest BCUT2D eigenvalue weighted by Gasteiger charge is 2.32. The lowest BCUT2D eigenvalue weighted by atomic mass is 10.1. The first-order valence-corrected chi connectivity index (χ1v) is 11.4. The molecular formula is C21H26ClN3O3S. The quantitative estimate of drug-likeness (QED) is 0.737. The van der Waals surface area contributed by atoms with Crippen molar-refractivity contribution in [2.24, 2.45) is 0 Å². The topological polar surface area (TPSA) is 70.6 Å². The molecule has 1 aromatic heterocycles. The third kappa shape index (κ3) is 4.90. The molecule has 0 radical (unpaired) electrons. The minimum atomic E-state index is -3.47. The maximum absolute atomic E-state index is 12.5. The fourth-order valence-electron chi connectivity index (χ4n) is 3.13. The highest BCUT2D eigenvalue weighted by molar-refractivity contribution is 7.92. The normalized spacial score (nSPS) is 15.4. The second-order valence-electron chi connectivity index (χ2n) is 8.14. The van der Waals surface area contributed by atoms with Gasteiger partial charge in [0.1, 0.15) is 0 Å². The Bertz CT molecular complexity index is 960. The molecule has 2 aromatic rings. The number of benzene rings is 1. The molecule has 1 saturated heterocycles. The van der Waals surface area contributed by atoms with E-state index in [9.17, 15) is 13.2 Å². The van der Waals surface area contributed by atoms with Gasteiger partial charge in [-0.25, -0.2) is 13.4 Å². The van der Waals surface area contributed by atoms with Crippen molar-refractivity contribution in [1.82, 2.24) is 9.88 Å². The number of halogens is 1. The molecule has 2 heterocycles. The maximum atomic E-state index is 12.5. The Hall–Kier alpha value is -2.12. The van der Waals surface area contributed by atoms with E-state index in [-0.39, 0.29) is 10.9 Å². The summed E-state index contributed by atoms with van der Waals surface area (Å²) in [7, 11) is -3.47. The molecule has 156 valence electrons. The summed E-state index contributed by atoms with van der Waals surface area (Å²) in [5, 5.41) is 0.746. The molecule has 0 N–H and O–H groups in total.